The van der Waals surface area contributed by atoms with Crippen LogP contribution in [-0.4, -0.2) is 10.9 Å². The Morgan fingerprint density at radius 2 is 1.96 bits per heavy atom. The predicted molar refractivity (Wildman–Crippen MR) is 107 cm³/mol. The van der Waals surface area contributed by atoms with Gasteiger partial charge in [0, 0.05) is 11.8 Å². The highest BCUT2D eigenvalue weighted by Gasteiger charge is 2.13. The Morgan fingerprint density at radius 3 is 2.65 bits per heavy atom. The van der Waals surface area contributed by atoms with Crippen molar-refractivity contribution < 1.29 is 9.53 Å². The molecule has 0 bridgehead atoms. The molecule has 1 amide bonds. The van der Waals surface area contributed by atoms with Crippen molar-refractivity contribution in [3.8, 4) is 5.75 Å². The minimum atomic E-state index is -0.273. The first-order valence-electron chi connectivity index (χ1n) is 7.83. The summed E-state index contributed by atoms with van der Waals surface area (Å²) in [7, 11) is 0. The van der Waals surface area contributed by atoms with Crippen LogP contribution >= 0.6 is 34.5 Å². The van der Waals surface area contributed by atoms with Gasteiger partial charge in [0.25, 0.3) is 5.91 Å². The van der Waals surface area contributed by atoms with Crippen LogP contribution in [0, 0.1) is 13.8 Å². The molecule has 2 heterocycles. The van der Waals surface area contributed by atoms with Crippen LogP contribution < -0.4 is 10.1 Å². The van der Waals surface area contributed by atoms with Crippen LogP contribution in [0.15, 0.2) is 41.9 Å². The summed E-state index contributed by atoms with van der Waals surface area (Å²) in [6, 6.07) is 9.36. The van der Waals surface area contributed by atoms with E-state index in [-0.39, 0.29) is 11.7 Å². The highest BCUT2D eigenvalue weighted by molar-refractivity contribution is 7.12. The molecule has 0 saturated carbocycles. The number of amides is 1. The minimum absolute atomic E-state index is 0.273. The number of benzene rings is 1. The molecule has 0 fully saturated rings. The van der Waals surface area contributed by atoms with Crippen molar-refractivity contribution in [2.75, 3.05) is 5.32 Å². The van der Waals surface area contributed by atoms with E-state index in [4.69, 9.17) is 27.9 Å². The predicted octanol–water partition coefficient (Wildman–Crippen LogP) is 5.90. The number of hydrogen-bond acceptors (Lipinski definition) is 4. The number of carbonyl (C=O) groups is 1. The Bertz CT molecular complexity index is 936. The Balaban J connectivity index is 1.66. The number of ether oxygens (including phenoxy) is 1. The topological polar surface area (TPSA) is 51.2 Å². The molecule has 0 atom stereocenters. The summed E-state index contributed by atoms with van der Waals surface area (Å²) < 4.78 is 5.92. The molecule has 0 unspecified atom stereocenters. The molecule has 1 aromatic carbocycles. The lowest BCUT2D eigenvalue weighted by Crippen LogP contribution is -2.11. The zero-order valence-electron chi connectivity index (χ0n) is 14.2. The van der Waals surface area contributed by atoms with Gasteiger partial charge in [0.2, 0.25) is 0 Å². The van der Waals surface area contributed by atoms with Crippen LogP contribution in [0.2, 0.25) is 10.0 Å². The fraction of sp³-hybridized carbons (Fsp3) is 0.158. The van der Waals surface area contributed by atoms with E-state index in [1.54, 1.807) is 6.07 Å². The van der Waals surface area contributed by atoms with Crippen LogP contribution in [-0.2, 0) is 6.61 Å². The Kier molecular flexibility index (Phi) is 5.81. The van der Waals surface area contributed by atoms with Crippen molar-refractivity contribution in [1.82, 2.24) is 4.98 Å². The zero-order chi connectivity index (χ0) is 18.7. The molecule has 3 rings (SSSR count). The smallest absolute Gasteiger partial charge is 0.266 e. The molecule has 26 heavy (non-hydrogen) atoms. The van der Waals surface area contributed by atoms with Gasteiger partial charge in [0.1, 0.15) is 12.4 Å². The van der Waals surface area contributed by atoms with Crippen LogP contribution in [0.5, 0.6) is 5.75 Å². The molecule has 134 valence electrons. The van der Waals surface area contributed by atoms with Crippen LogP contribution in [0.4, 0.5) is 5.82 Å². The maximum absolute atomic E-state index is 12.4. The number of nitrogens with one attached hydrogen (secondary N) is 1. The monoisotopic (exact) mass is 406 g/mol. The summed E-state index contributed by atoms with van der Waals surface area (Å²) in [6.07, 6.45) is 1.43. The van der Waals surface area contributed by atoms with Gasteiger partial charge in [-0.2, -0.15) is 0 Å². The second kappa shape index (κ2) is 8.08. The summed E-state index contributed by atoms with van der Waals surface area (Å²) in [6.45, 7) is 4.42. The number of para-hydroxylation sites is 1. The van der Waals surface area contributed by atoms with E-state index < -0.39 is 0 Å². The summed E-state index contributed by atoms with van der Waals surface area (Å²) in [5.74, 6) is 0.884. The molecule has 1 N–H and O–H groups in total. The molecule has 3 aromatic rings. The average Bonchev–Trinajstić information content (AvgIpc) is 3.06. The van der Waals surface area contributed by atoms with Gasteiger partial charge in [0.15, 0.2) is 5.82 Å². The van der Waals surface area contributed by atoms with Gasteiger partial charge in [-0.1, -0.05) is 41.4 Å². The Morgan fingerprint density at radius 1 is 1.23 bits per heavy atom. The lowest BCUT2D eigenvalue weighted by Gasteiger charge is -2.10. The molecule has 0 aliphatic rings. The van der Waals surface area contributed by atoms with E-state index >= 15 is 0 Å². The van der Waals surface area contributed by atoms with Gasteiger partial charge < -0.3 is 10.1 Å². The third kappa shape index (κ3) is 4.36. The number of halogens is 2. The third-order valence-corrected chi connectivity index (χ3v) is 5.18. The number of aromatic nitrogens is 1. The highest BCUT2D eigenvalue weighted by Crippen LogP contribution is 2.26. The van der Waals surface area contributed by atoms with Crippen molar-refractivity contribution in [2.45, 2.75) is 20.5 Å². The number of thiophene rings is 1. The molecule has 0 aliphatic carbocycles. The molecule has 2 aromatic heterocycles. The number of nitrogens with zero attached hydrogens (tertiary/aromatic N) is 1. The Hall–Kier alpha value is -2.08. The number of anilines is 1. The van der Waals surface area contributed by atoms with Gasteiger partial charge in [-0.25, -0.2) is 4.98 Å². The number of rotatable bonds is 5. The molecule has 0 spiro atoms. The normalized spacial score (nSPS) is 10.6. The van der Waals surface area contributed by atoms with Crippen LogP contribution in [0.1, 0.15) is 26.4 Å². The fourth-order valence-corrected chi connectivity index (χ4v) is 3.65. The first-order valence-corrected chi connectivity index (χ1v) is 9.46. The molecule has 0 aliphatic heterocycles. The first kappa shape index (κ1) is 18.7. The molecular weight excluding hydrogens is 391 g/mol. The van der Waals surface area contributed by atoms with Crippen molar-refractivity contribution in [2.24, 2.45) is 0 Å². The van der Waals surface area contributed by atoms with Crippen molar-refractivity contribution in [1.29, 1.82) is 0 Å². The number of carbonyl (C=O) groups excluding carboxylic acids is 1. The Labute approximate surface area is 165 Å². The van der Waals surface area contributed by atoms with E-state index in [9.17, 15) is 4.79 Å². The third-order valence-electron chi connectivity index (χ3n) is 3.71. The largest absolute Gasteiger partial charge is 0.488 e. The summed E-state index contributed by atoms with van der Waals surface area (Å²) >= 11 is 13.2. The molecular formula is C19H16Cl2N2O2S. The summed E-state index contributed by atoms with van der Waals surface area (Å²) in [4.78, 5) is 17.0. The molecule has 0 radical (unpaired) electrons. The van der Waals surface area contributed by atoms with E-state index in [1.165, 1.54) is 23.6 Å². The van der Waals surface area contributed by atoms with Gasteiger partial charge in [-0.15, -0.1) is 11.3 Å². The van der Waals surface area contributed by atoms with Gasteiger partial charge in [-0.3, -0.25) is 4.79 Å². The zero-order valence-corrected chi connectivity index (χ0v) is 16.5. The van der Waals surface area contributed by atoms with Gasteiger partial charge >= 0.3 is 0 Å². The van der Waals surface area contributed by atoms with Crippen LogP contribution in [0.25, 0.3) is 0 Å². The maximum atomic E-state index is 12.4. The SMILES string of the molecule is Cc1cccc(C)c1OCc1csc(C(=O)Nc2ncc(Cl)cc2Cl)c1. The van der Waals surface area contributed by atoms with E-state index in [0.29, 0.717) is 21.5 Å². The quantitative estimate of drug-likeness (QED) is 0.573. The molecule has 0 saturated heterocycles. The maximum Gasteiger partial charge on any atom is 0.266 e. The summed E-state index contributed by atoms with van der Waals surface area (Å²) in [5, 5.41) is 5.29. The number of aryl methyl sites for hydroxylation is 2. The lowest BCUT2D eigenvalue weighted by molar-refractivity contribution is 0.103. The van der Waals surface area contributed by atoms with E-state index in [2.05, 4.69) is 10.3 Å². The highest BCUT2D eigenvalue weighted by atomic mass is 35.5. The summed E-state index contributed by atoms with van der Waals surface area (Å²) in [5.41, 5.74) is 3.10. The second-order valence-corrected chi connectivity index (χ2v) is 7.52. The van der Waals surface area contributed by atoms with E-state index in [1.807, 2.05) is 37.4 Å². The number of hydrogen-bond donors (Lipinski definition) is 1. The van der Waals surface area contributed by atoms with Crippen molar-refractivity contribution >= 4 is 46.3 Å². The van der Waals surface area contributed by atoms with Crippen molar-refractivity contribution in [3.63, 3.8) is 0 Å². The number of pyridine rings is 1. The molecule has 7 heteroatoms. The fourth-order valence-electron chi connectivity index (χ4n) is 2.43. The second-order valence-electron chi connectivity index (χ2n) is 5.77. The standard InChI is InChI=1S/C19H16Cl2N2O2S/c1-11-4-3-5-12(2)17(11)25-9-13-6-16(26-10-13)19(24)23-18-15(21)7-14(20)8-22-18/h3-8,10H,9H2,1-2H3,(H,22,23,24). The first-order chi connectivity index (χ1) is 12.4. The lowest BCUT2D eigenvalue weighted by atomic mass is 10.1. The average molecular weight is 407 g/mol. The minimum Gasteiger partial charge on any atom is -0.488 e. The van der Waals surface area contributed by atoms with E-state index in [0.717, 1.165) is 22.4 Å². The van der Waals surface area contributed by atoms with Gasteiger partial charge in [-0.05, 0) is 42.5 Å². The van der Waals surface area contributed by atoms with Gasteiger partial charge in [0.05, 0.1) is 14.9 Å². The molecule has 4 nitrogen and oxygen atoms in total. The van der Waals surface area contributed by atoms with Crippen molar-refractivity contribution in [3.05, 3.63) is 73.5 Å². The van der Waals surface area contributed by atoms with Crippen LogP contribution in [0.3, 0.4) is 0 Å².